The van der Waals surface area contributed by atoms with Crippen LogP contribution in [0.25, 0.3) is 65.8 Å². The molecule has 0 aliphatic carbocycles. The topological polar surface area (TPSA) is 372 Å². The number of aryl methyl sites for hydroxylation is 2. The fourth-order valence-electron chi connectivity index (χ4n) is 7.91. The van der Waals surface area contributed by atoms with Gasteiger partial charge in [0.05, 0.1) is 67.2 Å². The molecule has 31 heteroatoms. The van der Waals surface area contributed by atoms with Crippen LogP contribution in [0.1, 0.15) is 11.1 Å². The number of aromatic nitrogens is 6. The van der Waals surface area contributed by atoms with Gasteiger partial charge in [0.2, 0.25) is 0 Å². The van der Waals surface area contributed by atoms with Crippen molar-refractivity contribution in [3.05, 3.63) is 120 Å². The Kier molecular flexibility index (Phi) is 13.4. The van der Waals surface area contributed by atoms with Crippen molar-refractivity contribution in [2.24, 2.45) is 20.5 Å². The molecule has 2 heterocycles. The van der Waals surface area contributed by atoms with Crippen LogP contribution in [0.3, 0.4) is 0 Å². The number of nitrogens with zero attached hydrogens (tertiary/aromatic N) is 10. The monoisotopic (exact) mass is 1110 g/mol. The average Bonchev–Trinajstić information content (AvgIpc) is 4.03. The number of azo groups is 2. The highest BCUT2D eigenvalue weighted by atomic mass is 32.2. The molecule has 10 rings (SSSR count). The molecule has 0 saturated carbocycles. The largest absolute Gasteiger partial charge is 0.505 e. The smallest absolute Gasteiger partial charge is 0.295 e. The molecule has 10 aromatic rings. The molecule has 6 N–H and O–H groups in total. The number of hydrogen-bond acceptors (Lipinski definition) is 23. The Bertz CT molecular complexity index is 4420. The summed E-state index contributed by atoms with van der Waals surface area (Å²) in [5.74, 6) is -0.341. The Morgan fingerprint density at radius 2 is 1.03 bits per heavy atom. The van der Waals surface area contributed by atoms with Gasteiger partial charge in [-0.05, 0) is 127 Å². The van der Waals surface area contributed by atoms with Crippen molar-refractivity contribution in [2.45, 2.75) is 38.3 Å². The minimum absolute atomic E-state index is 0.0267. The van der Waals surface area contributed by atoms with E-state index < -0.39 is 45.0 Å². The summed E-state index contributed by atoms with van der Waals surface area (Å²) in [7, 11) is -14.5. The second-order valence-electron chi connectivity index (χ2n) is 16.1. The van der Waals surface area contributed by atoms with Gasteiger partial charge in [-0.1, -0.05) is 22.2 Å². The molecule has 0 bridgehead atoms. The lowest BCUT2D eigenvalue weighted by Gasteiger charge is -2.10. The molecule has 0 radical (unpaired) electrons. The van der Waals surface area contributed by atoms with Crippen molar-refractivity contribution in [2.75, 3.05) is 0 Å². The van der Waals surface area contributed by atoms with Crippen molar-refractivity contribution in [3.8, 4) is 17.1 Å². The third-order valence-corrected chi connectivity index (χ3v) is 15.2. The van der Waals surface area contributed by atoms with Crippen LogP contribution in [0.5, 0.6) is 5.75 Å². The van der Waals surface area contributed by atoms with Crippen molar-refractivity contribution in [1.29, 1.82) is 0 Å². The van der Waals surface area contributed by atoms with Crippen LogP contribution in [0, 0.1) is 13.8 Å². The van der Waals surface area contributed by atoms with Crippen LogP contribution in [0.15, 0.2) is 154 Å². The van der Waals surface area contributed by atoms with E-state index in [2.05, 4.69) is 55.3 Å². The molecule has 75 heavy (non-hydrogen) atoms. The van der Waals surface area contributed by atoms with E-state index in [9.17, 15) is 44.0 Å². The van der Waals surface area contributed by atoms with Crippen molar-refractivity contribution in [3.63, 3.8) is 0 Å². The van der Waals surface area contributed by atoms with Gasteiger partial charge in [0.15, 0.2) is 5.75 Å². The average molecular weight is 1120 g/mol. The number of phenolic OH excluding ortho intramolecular Hbond substituents is 1. The number of aromatic hydroxyl groups is 1. The first-order valence-corrected chi connectivity index (χ1v) is 26.7. The zero-order valence-electron chi connectivity index (χ0n) is 37.7. The summed E-state index contributed by atoms with van der Waals surface area (Å²) in [5, 5.41) is 73.7. The maximum Gasteiger partial charge on any atom is 0.295 e. The number of phenols is 1. The van der Waals surface area contributed by atoms with Crippen molar-refractivity contribution >= 4 is 132 Å². The fraction of sp³-hybridized carbons (Fsp3) is 0.0455. The first-order chi connectivity index (χ1) is 35.7. The molecule has 0 aliphatic heterocycles. The molecule has 2 aromatic heterocycles. The van der Waals surface area contributed by atoms with Gasteiger partial charge in [0, 0.05) is 31.8 Å². The Labute approximate surface area is 428 Å². The van der Waals surface area contributed by atoms with Gasteiger partial charge in [-0.15, -0.1) is 34.2 Å². The predicted molar refractivity (Wildman–Crippen MR) is 267 cm³/mol. The van der Waals surface area contributed by atoms with Gasteiger partial charge in [0.25, 0.3) is 30.4 Å². The summed E-state index contributed by atoms with van der Waals surface area (Å²) in [6, 6.07) is 26.5. The Morgan fingerprint density at radius 3 is 1.61 bits per heavy atom. The predicted octanol–water partition coefficient (Wildman–Crippen LogP) is 10.4. The van der Waals surface area contributed by atoms with Gasteiger partial charge in [0.1, 0.15) is 32.6 Å². The van der Waals surface area contributed by atoms with E-state index in [-0.39, 0.29) is 48.4 Å². The lowest BCUT2D eigenvalue weighted by molar-refractivity contribution is -0.432. The van der Waals surface area contributed by atoms with Crippen molar-refractivity contribution < 1.29 is 73.3 Å². The molecular weight excluding hydrogens is 1080 g/mol. The summed E-state index contributed by atoms with van der Waals surface area (Å²) < 4.78 is 111. The number of rotatable bonds is 15. The molecule has 8 aromatic carbocycles. The van der Waals surface area contributed by atoms with Gasteiger partial charge < -0.3 is 5.11 Å². The van der Waals surface area contributed by atoms with E-state index in [4.69, 9.17) is 14.8 Å². The minimum Gasteiger partial charge on any atom is -0.505 e. The molecular formula is C44H30N10O16S5. The van der Waals surface area contributed by atoms with E-state index >= 15 is 0 Å². The summed E-state index contributed by atoms with van der Waals surface area (Å²) in [5.41, 5.74) is 4.38. The molecule has 0 amide bonds. The van der Waals surface area contributed by atoms with Crippen LogP contribution >= 0.6 is 24.1 Å². The molecule has 26 nitrogen and oxygen atoms in total. The highest BCUT2D eigenvalue weighted by Crippen LogP contribution is 2.45. The maximum atomic E-state index is 12.2. The van der Waals surface area contributed by atoms with Gasteiger partial charge in [-0.2, -0.15) is 50.2 Å². The third kappa shape index (κ3) is 10.1. The van der Waals surface area contributed by atoms with E-state index in [1.807, 2.05) is 0 Å². The summed E-state index contributed by atoms with van der Waals surface area (Å²) in [4.78, 5) is 0.829. The van der Waals surface area contributed by atoms with Crippen LogP contribution in [-0.2, 0) is 49.1 Å². The Morgan fingerprint density at radius 1 is 0.507 bits per heavy atom. The molecule has 0 unspecified atom stereocenters. The maximum absolute atomic E-state index is 12.2. The van der Waals surface area contributed by atoms with E-state index in [0.717, 1.165) is 16.9 Å². The van der Waals surface area contributed by atoms with E-state index in [0.29, 0.717) is 96.9 Å². The van der Waals surface area contributed by atoms with Gasteiger partial charge in [-0.3, -0.25) is 13.7 Å². The second-order valence-corrected chi connectivity index (χ2v) is 21.8. The number of hydrogen-bond donors (Lipinski definition) is 6. The quantitative estimate of drug-likeness (QED) is 0.0183. The molecule has 0 spiro atoms. The molecule has 382 valence electrons. The summed E-state index contributed by atoms with van der Waals surface area (Å²) >= 11 is 1.03. The number of benzene rings is 8. The Balaban J connectivity index is 0.906. The standard InChI is InChI=1S/C44H30N10O16S5/c1-21-14-37(22(2)13-36(21)46-45-24-3-5-25(6-4-24)53-49-34-11-9-30-32(41(34)51-53)17-27(73(58,59)60)19-38(30)71-69-67-56)47-48-43-39(72-70-68-57)16-23-15-26(7-8-29(23)44(43)55)54-50-35-12-10-31-33(42(35)52-54)18-28(74(61,62)63)20-40(31)75(64,65)66/h3-20,55-57H,1-2H3,(H,58,59,60)(H,61,62,63)(H,64,65,66). The van der Waals surface area contributed by atoms with Gasteiger partial charge >= 0.3 is 0 Å². The summed E-state index contributed by atoms with van der Waals surface area (Å²) in [6.45, 7) is 3.55. The second kappa shape index (κ2) is 19.7. The van der Waals surface area contributed by atoms with E-state index in [1.54, 1.807) is 80.6 Å². The fourth-order valence-corrected chi connectivity index (χ4v) is 10.9. The molecule has 0 fully saturated rings. The SMILES string of the molecule is Cc1cc(N=Nc2c(SOOO)cc3cc(-n4nc5ccc6c(S(=O)(=O)O)cc(S(=O)(=O)O)cc6c5n4)ccc3c2O)c(C)cc1N=Nc1ccc(-n2nc3ccc4c(SOOO)cc(S(=O)(=O)O)cc4c3n2)cc1. The van der Waals surface area contributed by atoms with Crippen molar-refractivity contribution in [1.82, 2.24) is 30.0 Å². The highest BCUT2D eigenvalue weighted by molar-refractivity contribution is 7.95. The normalized spacial score (nSPS) is 12.8. The highest BCUT2D eigenvalue weighted by Gasteiger charge is 2.24. The first kappa shape index (κ1) is 51.0. The Hall–Kier alpha value is -7.47. The third-order valence-electron chi connectivity index (χ3n) is 11.4. The molecule has 0 saturated heterocycles. The first-order valence-electron chi connectivity index (χ1n) is 20.9. The minimum atomic E-state index is -4.96. The van der Waals surface area contributed by atoms with Crippen LogP contribution in [0.4, 0.5) is 22.7 Å². The molecule has 0 atom stereocenters. The lowest BCUT2D eigenvalue weighted by Crippen LogP contribution is -2.04. The molecule has 0 aliphatic rings. The van der Waals surface area contributed by atoms with Crippen LogP contribution < -0.4 is 0 Å². The van der Waals surface area contributed by atoms with E-state index in [1.165, 1.54) is 29.1 Å². The zero-order valence-corrected chi connectivity index (χ0v) is 41.8. The van der Waals surface area contributed by atoms with Crippen LogP contribution in [-0.4, -0.2) is 84.5 Å². The zero-order chi connectivity index (χ0) is 53.1. The van der Waals surface area contributed by atoms with Crippen LogP contribution in [0.2, 0.25) is 0 Å². The number of fused-ring (bicyclic) bond motifs is 7. The van der Waals surface area contributed by atoms with Gasteiger partial charge in [-0.25, -0.2) is 10.5 Å². The lowest BCUT2D eigenvalue weighted by atomic mass is 10.1. The summed E-state index contributed by atoms with van der Waals surface area (Å²) in [6.07, 6.45) is 0.